The van der Waals surface area contributed by atoms with Gasteiger partial charge in [0.1, 0.15) is 0 Å². The molecule has 0 amide bonds. The third kappa shape index (κ3) is 2.57. The number of aromatic nitrogens is 2. The minimum atomic E-state index is 0.294. The van der Waals surface area contributed by atoms with E-state index in [1.54, 1.807) is 12.4 Å². The predicted molar refractivity (Wildman–Crippen MR) is 61.8 cm³/mol. The van der Waals surface area contributed by atoms with Crippen LogP contribution in [0.1, 0.15) is 31.5 Å². The Bertz CT molecular complexity index is 317. The molecule has 88 valence electrons. The van der Waals surface area contributed by atoms with E-state index >= 15 is 0 Å². The molecule has 0 aromatic carbocycles. The number of hydrogen-bond donors (Lipinski definition) is 1. The van der Waals surface area contributed by atoms with Crippen molar-refractivity contribution >= 4 is 0 Å². The lowest BCUT2D eigenvalue weighted by Crippen LogP contribution is -2.38. The molecule has 0 aliphatic carbocycles. The van der Waals surface area contributed by atoms with Crippen molar-refractivity contribution in [1.29, 1.82) is 0 Å². The smallest absolute Gasteiger partial charge is 0.0755 e. The van der Waals surface area contributed by atoms with Gasteiger partial charge in [-0.1, -0.05) is 0 Å². The number of hydrogen-bond acceptors (Lipinski definition) is 4. The maximum atomic E-state index is 9.21. The quantitative estimate of drug-likeness (QED) is 0.834. The highest BCUT2D eigenvalue weighted by Crippen LogP contribution is 2.24. The van der Waals surface area contributed by atoms with Gasteiger partial charge in [-0.2, -0.15) is 0 Å². The zero-order valence-corrected chi connectivity index (χ0v) is 9.71. The van der Waals surface area contributed by atoms with E-state index in [0.29, 0.717) is 18.6 Å². The average Bonchev–Trinajstić information content (AvgIpc) is 2.39. The summed E-state index contributed by atoms with van der Waals surface area (Å²) in [4.78, 5) is 10.8. The minimum Gasteiger partial charge on any atom is -0.396 e. The second-order valence-corrected chi connectivity index (χ2v) is 4.49. The lowest BCUT2D eigenvalue weighted by atomic mass is 9.97. The van der Waals surface area contributed by atoms with Crippen LogP contribution >= 0.6 is 0 Å². The Hall–Kier alpha value is -1.00. The van der Waals surface area contributed by atoms with Gasteiger partial charge in [-0.05, 0) is 32.2 Å². The van der Waals surface area contributed by atoms with Crippen LogP contribution < -0.4 is 0 Å². The van der Waals surface area contributed by atoms with Gasteiger partial charge in [0.25, 0.3) is 0 Å². The Balaban J connectivity index is 2.01. The SMILES string of the molecule is CC(c1cnccn1)N1CCCC(CO)C1. The fraction of sp³-hybridized carbons (Fsp3) is 0.667. The number of aliphatic hydroxyl groups excluding tert-OH is 1. The number of aliphatic hydroxyl groups is 1. The average molecular weight is 221 g/mol. The molecule has 1 saturated heterocycles. The Labute approximate surface area is 96.3 Å². The monoisotopic (exact) mass is 221 g/mol. The first-order chi connectivity index (χ1) is 7.81. The van der Waals surface area contributed by atoms with Gasteiger partial charge in [0.05, 0.1) is 11.7 Å². The van der Waals surface area contributed by atoms with Crippen LogP contribution in [0.3, 0.4) is 0 Å². The molecular weight excluding hydrogens is 202 g/mol. The Kier molecular flexibility index (Phi) is 3.85. The van der Waals surface area contributed by atoms with Gasteiger partial charge < -0.3 is 5.11 Å². The van der Waals surface area contributed by atoms with Crippen molar-refractivity contribution < 1.29 is 5.11 Å². The summed E-state index contributed by atoms with van der Waals surface area (Å²) in [6.45, 7) is 4.51. The molecular formula is C12H19N3O. The first kappa shape index (κ1) is 11.5. The summed E-state index contributed by atoms with van der Waals surface area (Å²) in [7, 11) is 0. The minimum absolute atomic E-state index is 0.294. The van der Waals surface area contributed by atoms with Crippen LogP contribution in [-0.4, -0.2) is 39.7 Å². The largest absolute Gasteiger partial charge is 0.396 e. The summed E-state index contributed by atoms with van der Waals surface area (Å²) >= 11 is 0. The maximum Gasteiger partial charge on any atom is 0.0755 e. The molecule has 1 N–H and O–H groups in total. The van der Waals surface area contributed by atoms with Crippen LogP contribution in [0.25, 0.3) is 0 Å². The Morgan fingerprint density at radius 2 is 2.44 bits per heavy atom. The van der Waals surface area contributed by atoms with Crippen molar-refractivity contribution in [2.75, 3.05) is 19.7 Å². The Morgan fingerprint density at radius 3 is 3.12 bits per heavy atom. The van der Waals surface area contributed by atoms with Gasteiger partial charge in [-0.3, -0.25) is 14.9 Å². The zero-order valence-electron chi connectivity index (χ0n) is 9.71. The first-order valence-corrected chi connectivity index (χ1v) is 5.92. The van der Waals surface area contributed by atoms with Crippen LogP contribution in [0, 0.1) is 5.92 Å². The van der Waals surface area contributed by atoms with Crippen LogP contribution in [0.4, 0.5) is 0 Å². The van der Waals surface area contributed by atoms with Gasteiger partial charge in [0, 0.05) is 31.7 Å². The highest BCUT2D eigenvalue weighted by Gasteiger charge is 2.24. The van der Waals surface area contributed by atoms with E-state index < -0.39 is 0 Å². The van der Waals surface area contributed by atoms with Crippen LogP contribution in [0.2, 0.25) is 0 Å². The molecule has 2 heterocycles. The predicted octanol–water partition coefficient (Wildman–Crippen LogP) is 1.24. The highest BCUT2D eigenvalue weighted by molar-refractivity contribution is 5.01. The van der Waals surface area contributed by atoms with Crippen molar-refractivity contribution in [2.24, 2.45) is 5.92 Å². The molecule has 1 fully saturated rings. The fourth-order valence-corrected chi connectivity index (χ4v) is 2.31. The van der Waals surface area contributed by atoms with Crippen molar-refractivity contribution in [2.45, 2.75) is 25.8 Å². The topological polar surface area (TPSA) is 49.2 Å². The summed E-state index contributed by atoms with van der Waals surface area (Å²) in [6, 6.07) is 0.294. The van der Waals surface area contributed by atoms with Gasteiger partial charge in [0.2, 0.25) is 0 Å². The summed E-state index contributed by atoms with van der Waals surface area (Å²) < 4.78 is 0. The molecule has 1 aliphatic rings. The van der Waals surface area contributed by atoms with E-state index in [1.807, 2.05) is 6.20 Å². The normalized spacial score (nSPS) is 24.2. The Morgan fingerprint density at radius 1 is 1.56 bits per heavy atom. The number of rotatable bonds is 3. The second-order valence-electron chi connectivity index (χ2n) is 4.49. The van der Waals surface area contributed by atoms with Crippen LogP contribution in [0.5, 0.6) is 0 Å². The molecule has 0 bridgehead atoms. The van der Waals surface area contributed by atoms with E-state index in [-0.39, 0.29) is 0 Å². The third-order valence-electron chi connectivity index (χ3n) is 3.37. The van der Waals surface area contributed by atoms with Gasteiger partial charge in [-0.25, -0.2) is 0 Å². The first-order valence-electron chi connectivity index (χ1n) is 5.92. The maximum absolute atomic E-state index is 9.21. The van der Waals surface area contributed by atoms with Crippen molar-refractivity contribution in [3.05, 3.63) is 24.3 Å². The third-order valence-corrected chi connectivity index (χ3v) is 3.37. The molecule has 1 aliphatic heterocycles. The summed E-state index contributed by atoms with van der Waals surface area (Å²) in [5, 5.41) is 9.21. The van der Waals surface area contributed by atoms with E-state index in [4.69, 9.17) is 0 Å². The van der Waals surface area contributed by atoms with E-state index in [0.717, 1.165) is 31.6 Å². The van der Waals surface area contributed by atoms with Gasteiger partial charge >= 0.3 is 0 Å². The molecule has 2 unspecified atom stereocenters. The standard InChI is InChI=1S/C12H19N3O/c1-10(12-7-13-4-5-14-12)15-6-2-3-11(8-15)9-16/h4-5,7,10-11,16H,2-3,6,8-9H2,1H3. The molecule has 1 aromatic rings. The van der Waals surface area contributed by atoms with Crippen LogP contribution in [-0.2, 0) is 0 Å². The van der Waals surface area contributed by atoms with E-state index in [9.17, 15) is 5.11 Å². The summed E-state index contributed by atoms with van der Waals surface area (Å²) in [6.07, 6.45) is 7.56. The molecule has 2 atom stereocenters. The lowest BCUT2D eigenvalue weighted by Gasteiger charge is -2.35. The molecule has 1 aromatic heterocycles. The molecule has 0 saturated carbocycles. The van der Waals surface area contributed by atoms with Crippen LogP contribution in [0.15, 0.2) is 18.6 Å². The van der Waals surface area contributed by atoms with Crippen molar-refractivity contribution in [3.8, 4) is 0 Å². The summed E-state index contributed by atoms with van der Waals surface area (Å²) in [5.41, 5.74) is 1.01. The molecule has 4 nitrogen and oxygen atoms in total. The fourth-order valence-electron chi connectivity index (χ4n) is 2.31. The lowest BCUT2D eigenvalue weighted by molar-refractivity contribution is 0.0920. The molecule has 4 heteroatoms. The molecule has 2 rings (SSSR count). The van der Waals surface area contributed by atoms with E-state index in [2.05, 4.69) is 21.8 Å². The number of piperidine rings is 1. The number of likely N-dealkylation sites (tertiary alicyclic amines) is 1. The second kappa shape index (κ2) is 5.37. The zero-order chi connectivity index (χ0) is 11.4. The highest BCUT2D eigenvalue weighted by atomic mass is 16.3. The summed E-state index contributed by atoms with van der Waals surface area (Å²) in [5.74, 6) is 0.424. The molecule has 16 heavy (non-hydrogen) atoms. The number of nitrogens with zero attached hydrogens (tertiary/aromatic N) is 3. The molecule has 0 spiro atoms. The van der Waals surface area contributed by atoms with Gasteiger partial charge in [-0.15, -0.1) is 0 Å². The van der Waals surface area contributed by atoms with Gasteiger partial charge in [0.15, 0.2) is 0 Å². The van der Waals surface area contributed by atoms with Crippen molar-refractivity contribution in [1.82, 2.24) is 14.9 Å². The van der Waals surface area contributed by atoms with E-state index in [1.165, 1.54) is 0 Å². The van der Waals surface area contributed by atoms with Crippen molar-refractivity contribution in [3.63, 3.8) is 0 Å². The molecule has 0 radical (unpaired) electrons.